The highest BCUT2D eigenvalue weighted by Crippen LogP contribution is 2.55. The van der Waals surface area contributed by atoms with E-state index in [9.17, 15) is 13.2 Å². The Balaban J connectivity index is 1.25. The smallest absolute Gasteiger partial charge is 0.252 e. The minimum Gasteiger partial charge on any atom is -0.379 e. The third-order valence-electron chi connectivity index (χ3n) is 7.67. The number of sulfonamides is 1. The molecule has 3 aromatic rings. The second-order valence-corrected chi connectivity index (χ2v) is 11.4. The lowest BCUT2D eigenvalue weighted by Crippen LogP contribution is -2.42. The third kappa shape index (κ3) is 3.78. The van der Waals surface area contributed by atoms with E-state index in [1.807, 2.05) is 0 Å². The van der Waals surface area contributed by atoms with E-state index >= 15 is 0 Å². The Hall–Kier alpha value is -3.00. The number of amides is 1. The van der Waals surface area contributed by atoms with Crippen molar-refractivity contribution in [3.63, 3.8) is 0 Å². The third-order valence-corrected chi connectivity index (χ3v) is 9.62. The van der Waals surface area contributed by atoms with Crippen molar-refractivity contribution in [3.8, 4) is 0 Å². The highest BCUT2D eigenvalue weighted by Gasteiger charge is 2.43. The number of hydrogen-bond donors (Lipinski definition) is 1. The Morgan fingerprint density at radius 2 is 1.43 bits per heavy atom. The molecule has 0 aromatic heterocycles. The van der Waals surface area contributed by atoms with E-state index in [0.717, 1.165) is 6.42 Å². The van der Waals surface area contributed by atoms with Gasteiger partial charge in [-0.1, -0.05) is 60.7 Å². The van der Waals surface area contributed by atoms with Crippen molar-refractivity contribution in [2.75, 3.05) is 32.8 Å². The molecule has 0 radical (unpaired) electrons. The molecule has 3 aromatic carbocycles. The van der Waals surface area contributed by atoms with Gasteiger partial charge >= 0.3 is 0 Å². The number of benzene rings is 3. The number of carbonyl (C=O) groups is 1. The zero-order valence-corrected chi connectivity index (χ0v) is 20.2. The lowest BCUT2D eigenvalue weighted by molar-refractivity contribution is 0.0729. The van der Waals surface area contributed by atoms with Crippen LogP contribution in [0, 0.1) is 5.92 Å². The Morgan fingerprint density at radius 3 is 2.09 bits per heavy atom. The molecule has 1 unspecified atom stereocenters. The van der Waals surface area contributed by atoms with Crippen LogP contribution < -0.4 is 5.32 Å². The van der Waals surface area contributed by atoms with Crippen molar-refractivity contribution < 1.29 is 17.9 Å². The zero-order valence-electron chi connectivity index (χ0n) is 19.4. The Bertz CT molecular complexity index is 1330. The van der Waals surface area contributed by atoms with Gasteiger partial charge in [-0.05, 0) is 46.7 Å². The molecule has 1 fully saturated rings. The summed E-state index contributed by atoms with van der Waals surface area (Å²) in [5.74, 6) is 0.445. The average molecular weight is 489 g/mol. The number of fused-ring (bicyclic) bond motifs is 1. The van der Waals surface area contributed by atoms with Gasteiger partial charge in [0.25, 0.3) is 5.91 Å². The SMILES string of the molecule is O=C(NCC1CC2c3ccccc3C1c1ccccc12)c1ccccc1S(=O)(=O)N1CCOCC1. The summed E-state index contributed by atoms with van der Waals surface area (Å²) in [5.41, 5.74) is 5.66. The van der Waals surface area contributed by atoms with Gasteiger partial charge in [-0.2, -0.15) is 4.31 Å². The van der Waals surface area contributed by atoms with E-state index in [-0.39, 0.29) is 28.2 Å². The van der Waals surface area contributed by atoms with Crippen LogP contribution in [0.15, 0.2) is 77.7 Å². The van der Waals surface area contributed by atoms with E-state index < -0.39 is 10.0 Å². The molecule has 4 aliphatic rings. The molecule has 35 heavy (non-hydrogen) atoms. The molecule has 1 N–H and O–H groups in total. The average Bonchev–Trinajstić information content (AvgIpc) is 2.92. The normalized spacial score (nSPS) is 23.4. The second kappa shape index (κ2) is 8.90. The maximum atomic E-state index is 13.3. The van der Waals surface area contributed by atoms with Gasteiger partial charge < -0.3 is 10.1 Å². The number of nitrogens with one attached hydrogen (secondary N) is 1. The molecule has 7 rings (SSSR count). The molecule has 0 spiro atoms. The Morgan fingerprint density at radius 1 is 0.857 bits per heavy atom. The molecule has 1 saturated heterocycles. The quantitative estimate of drug-likeness (QED) is 0.594. The number of carbonyl (C=O) groups excluding carboxylic acids is 1. The second-order valence-electron chi connectivity index (χ2n) is 9.51. The molecule has 1 heterocycles. The van der Waals surface area contributed by atoms with Crippen molar-refractivity contribution in [1.82, 2.24) is 9.62 Å². The molecule has 3 aliphatic carbocycles. The summed E-state index contributed by atoms with van der Waals surface area (Å²) < 4.78 is 33.3. The van der Waals surface area contributed by atoms with E-state index in [4.69, 9.17) is 4.74 Å². The van der Waals surface area contributed by atoms with Crippen LogP contribution in [-0.2, 0) is 14.8 Å². The van der Waals surface area contributed by atoms with Crippen LogP contribution in [0.5, 0.6) is 0 Å². The Labute approximate surface area is 206 Å². The number of ether oxygens (including phenoxy) is 1. The van der Waals surface area contributed by atoms with Crippen LogP contribution in [0.4, 0.5) is 0 Å². The zero-order chi connectivity index (χ0) is 24.0. The van der Waals surface area contributed by atoms with Crippen LogP contribution in [0.1, 0.15) is 50.9 Å². The fourth-order valence-electron chi connectivity index (χ4n) is 6.08. The van der Waals surface area contributed by atoms with Gasteiger partial charge in [0.15, 0.2) is 0 Å². The monoisotopic (exact) mass is 488 g/mol. The van der Waals surface area contributed by atoms with Gasteiger partial charge in [-0.15, -0.1) is 0 Å². The number of hydrogen-bond acceptors (Lipinski definition) is 4. The van der Waals surface area contributed by atoms with Crippen molar-refractivity contribution >= 4 is 15.9 Å². The van der Waals surface area contributed by atoms with Crippen molar-refractivity contribution in [2.45, 2.75) is 23.2 Å². The number of rotatable bonds is 5. The topological polar surface area (TPSA) is 75.7 Å². The van der Waals surface area contributed by atoms with Crippen LogP contribution in [-0.4, -0.2) is 51.5 Å². The van der Waals surface area contributed by atoms with Crippen LogP contribution in [0.3, 0.4) is 0 Å². The molecular formula is C28H28N2O4S. The molecule has 7 heteroatoms. The van der Waals surface area contributed by atoms with E-state index in [0.29, 0.717) is 38.8 Å². The maximum absolute atomic E-state index is 13.3. The maximum Gasteiger partial charge on any atom is 0.252 e. The largest absolute Gasteiger partial charge is 0.379 e. The fourth-order valence-corrected chi connectivity index (χ4v) is 7.68. The van der Waals surface area contributed by atoms with Gasteiger partial charge in [0, 0.05) is 31.5 Å². The summed E-state index contributed by atoms with van der Waals surface area (Å²) in [4.78, 5) is 13.4. The summed E-state index contributed by atoms with van der Waals surface area (Å²) in [6.07, 6.45) is 0.965. The first-order valence-corrected chi connectivity index (χ1v) is 13.6. The van der Waals surface area contributed by atoms with E-state index in [1.165, 1.54) is 32.6 Å². The van der Waals surface area contributed by atoms with Gasteiger partial charge in [0.2, 0.25) is 10.0 Å². The van der Waals surface area contributed by atoms with E-state index in [1.54, 1.807) is 18.2 Å². The van der Waals surface area contributed by atoms with Crippen molar-refractivity contribution in [1.29, 1.82) is 0 Å². The summed E-state index contributed by atoms with van der Waals surface area (Å²) >= 11 is 0. The molecule has 1 amide bonds. The van der Waals surface area contributed by atoms with Gasteiger partial charge in [0.1, 0.15) is 0 Å². The molecule has 180 valence electrons. The van der Waals surface area contributed by atoms with Gasteiger partial charge in [0.05, 0.1) is 23.7 Å². The van der Waals surface area contributed by atoms with Crippen LogP contribution in [0.2, 0.25) is 0 Å². The highest BCUT2D eigenvalue weighted by atomic mass is 32.2. The molecule has 2 bridgehead atoms. The molecule has 1 aliphatic heterocycles. The van der Waals surface area contributed by atoms with Gasteiger partial charge in [-0.3, -0.25) is 4.79 Å². The van der Waals surface area contributed by atoms with Crippen molar-refractivity contribution in [2.24, 2.45) is 5.92 Å². The van der Waals surface area contributed by atoms with Gasteiger partial charge in [-0.25, -0.2) is 8.42 Å². The number of morpholine rings is 1. The predicted molar refractivity (Wildman–Crippen MR) is 133 cm³/mol. The molecule has 1 atom stereocenters. The molecule has 6 nitrogen and oxygen atoms in total. The summed E-state index contributed by atoms with van der Waals surface area (Å²) in [6.45, 7) is 1.81. The summed E-state index contributed by atoms with van der Waals surface area (Å²) in [5, 5.41) is 3.08. The van der Waals surface area contributed by atoms with Crippen LogP contribution >= 0.6 is 0 Å². The summed E-state index contributed by atoms with van der Waals surface area (Å²) in [7, 11) is -3.78. The first kappa shape index (κ1) is 22.5. The van der Waals surface area contributed by atoms with Crippen LogP contribution in [0.25, 0.3) is 0 Å². The minimum absolute atomic E-state index is 0.0558. The Kier molecular flexibility index (Phi) is 5.71. The van der Waals surface area contributed by atoms with Crippen molar-refractivity contribution in [3.05, 3.63) is 101 Å². The molecule has 0 saturated carbocycles. The highest BCUT2D eigenvalue weighted by molar-refractivity contribution is 7.89. The minimum atomic E-state index is -3.78. The first-order chi connectivity index (χ1) is 17.1. The fraction of sp³-hybridized carbons (Fsp3) is 0.321. The van der Waals surface area contributed by atoms with E-state index in [2.05, 4.69) is 53.8 Å². The first-order valence-electron chi connectivity index (χ1n) is 12.2. The lowest BCUT2D eigenvalue weighted by atomic mass is 9.59. The predicted octanol–water partition coefficient (Wildman–Crippen LogP) is 3.73. The summed E-state index contributed by atoms with van der Waals surface area (Å²) in [6, 6.07) is 23.7. The number of nitrogens with zero attached hydrogens (tertiary/aromatic N) is 1. The lowest BCUT2D eigenvalue weighted by Gasteiger charge is -2.45. The standard InChI is InChI=1S/C28H28N2O4S/c31-28(24-11-5-6-12-26(24)35(32,33)30-13-15-34-16-14-30)29-18-19-17-25-20-7-1-3-9-22(20)27(19)23-10-4-2-8-21(23)25/h1-12,19,25,27H,13-18H2,(H,29,31). The molecular weight excluding hydrogens is 460 g/mol.